The summed E-state index contributed by atoms with van der Waals surface area (Å²) in [6.45, 7) is 16.7. The summed E-state index contributed by atoms with van der Waals surface area (Å²) in [4.78, 5) is 26.8. The molecule has 37 heavy (non-hydrogen) atoms. The van der Waals surface area contributed by atoms with Gasteiger partial charge in [-0.2, -0.15) is 0 Å². The number of rotatable bonds is 12. The number of amides is 1. The molecule has 0 aromatic heterocycles. The Morgan fingerprint density at radius 3 is 1.92 bits per heavy atom. The summed E-state index contributed by atoms with van der Waals surface area (Å²) in [6.07, 6.45) is -0.875. The number of carbonyl (C=O) groups excluding carboxylic acids is 2. The van der Waals surface area contributed by atoms with Crippen molar-refractivity contribution >= 4 is 19.9 Å². The molecule has 1 atom stereocenters. The fourth-order valence-electron chi connectivity index (χ4n) is 2.85. The molecule has 11 heteroatoms. The number of benzene rings is 1. The highest BCUT2D eigenvalue weighted by molar-refractivity contribution is 7.48. The van der Waals surface area contributed by atoms with Crippen molar-refractivity contribution in [3.8, 4) is 0 Å². The lowest BCUT2D eigenvalue weighted by Gasteiger charge is -2.31. The Morgan fingerprint density at radius 2 is 1.43 bits per heavy atom. The summed E-state index contributed by atoms with van der Waals surface area (Å²) < 4.78 is 45.8. The molecule has 1 aromatic carbocycles. The van der Waals surface area contributed by atoms with Crippen molar-refractivity contribution in [2.75, 3.05) is 19.9 Å². The van der Waals surface area contributed by atoms with E-state index < -0.39 is 49.5 Å². The minimum Gasteiger partial charge on any atom is -0.458 e. The van der Waals surface area contributed by atoms with Gasteiger partial charge >= 0.3 is 19.9 Å². The molecular weight excluding hydrogens is 501 g/mol. The standard InChI is InChI=1S/C26H44NO9P/c1-20(22(28)34-24(2,3)4)27(16-17-31-18-21-14-12-11-13-15-21)23(29)32-19-33-37(30,35-25(5,6)7)36-26(8,9)10/h11-15,20H,16-19H2,1-10H3/t20-/m0/s1. The Hall–Kier alpha value is -1.97. The Morgan fingerprint density at radius 1 is 0.892 bits per heavy atom. The molecule has 0 aliphatic heterocycles. The van der Waals surface area contributed by atoms with Gasteiger partial charge in [-0.15, -0.1) is 0 Å². The van der Waals surface area contributed by atoms with Crippen LogP contribution >= 0.6 is 7.82 Å². The van der Waals surface area contributed by atoms with Crippen LogP contribution in [-0.2, 0) is 43.7 Å². The number of nitrogens with zero attached hydrogens (tertiary/aromatic N) is 1. The van der Waals surface area contributed by atoms with Crippen molar-refractivity contribution in [1.82, 2.24) is 4.90 Å². The first kappa shape index (κ1) is 33.1. The second-order valence-corrected chi connectivity index (χ2v) is 13.0. The molecule has 0 N–H and O–H groups in total. The Kier molecular flexibility index (Phi) is 12.3. The van der Waals surface area contributed by atoms with Gasteiger partial charge in [0.2, 0.25) is 6.79 Å². The average molecular weight is 546 g/mol. The average Bonchev–Trinajstić information content (AvgIpc) is 2.69. The third kappa shape index (κ3) is 14.5. The first-order chi connectivity index (χ1) is 16.8. The van der Waals surface area contributed by atoms with Crippen molar-refractivity contribution in [1.29, 1.82) is 0 Å². The molecule has 0 spiro atoms. The summed E-state index contributed by atoms with van der Waals surface area (Å²) in [5.74, 6) is -0.605. The van der Waals surface area contributed by atoms with Crippen molar-refractivity contribution in [3.63, 3.8) is 0 Å². The molecule has 0 aliphatic carbocycles. The maximum atomic E-state index is 13.2. The number of hydrogen-bond acceptors (Lipinski definition) is 9. The highest BCUT2D eigenvalue weighted by Crippen LogP contribution is 2.55. The monoisotopic (exact) mass is 545 g/mol. The van der Waals surface area contributed by atoms with Gasteiger partial charge in [-0.1, -0.05) is 30.3 Å². The zero-order valence-corrected chi connectivity index (χ0v) is 24.8. The molecule has 0 aliphatic rings. The van der Waals surface area contributed by atoms with E-state index in [1.807, 2.05) is 30.3 Å². The van der Waals surface area contributed by atoms with Gasteiger partial charge in [-0.05, 0) is 74.8 Å². The number of hydrogen-bond donors (Lipinski definition) is 0. The van der Waals surface area contributed by atoms with Gasteiger partial charge in [0, 0.05) is 6.54 Å². The van der Waals surface area contributed by atoms with Gasteiger partial charge < -0.3 is 14.2 Å². The third-order valence-corrected chi connectivity index (χ3v) is 6.17. The van der Waals surface area contributed by atoms with Crippen LogP contribution in [0.3, 0.4) is 0 Å². The second kappa shape index (κ2) is 13.7. The van der Waals surface area contributed by atoms with Crippen LogP contribution in [0.2, 0.25) is 0 Å². The van der Waals surface area contributed by atoms with Crippen molar-refractivity contribution in [2.45, 2.75) is 98.7 Å². The predicted octanol–water partition coefficient (Wildman–Crippen LogP) is 6.08. The Balaban J connectivity index is 2.88. The normalized spacial score (nSPS) is 13.7. The first-order valence-electron chi connectivity index (χ1n) is 12.2. The zero-order chi connectivity index (χ0) is 28.5. The zero-order valence-electron chi connectivity index (χ0n) is 23.9. The largest absolute Gasteiger partial charge is 0.478 e. The summed E-state index contributed by atoms with van der Waals surface area (Å²) in [6, 6.07) is 8.57. The third-order valence-electron chi connectivity index (χ3n) is 4.20. The van der Waals surface area contributed by atoms with Crippen LogP contribution < -0.4 is 0 Å². The van der Waals surface area contributed by atoms with Crippen LogP contribution in [-0.4, -0.2) is 59.8 Å². The second-order valence-electron chi connectivity index (χ2n) is 11.5. The fraction of sp³-hybridized carbons (Fsp3) is 0.692. The van der Waals surface area contributed by atoms with Gasteiger partial charge in [0.05, 0.1) is 24.4 Å². The number of ether oxygens (including phenoxy) is 3. The number of phosphoric acid groups is 1. The summed E-state index contributed by atoms with van der Waals surface area (Å²) in [5, 5.41) is 0. The van der Waals surface area contributed by atoms with Crippen LogP contribution in [0, 0.1) is 0 Å². The van der Waals surface area contributed by atoms with Gasteiger partial charge in [-0.3, -0.25) is 13.9 Å². The molecule has 0 radical (unpaired) electrons. The van der Waals surface area contributed by atoms with Gasteiger partial charge in [0.15, 0.2) is 0 Å². The van der Waals surface area contributed by atoms with E-state index in [4.69, 9.17) is 27.8 Å². The van der Waals surface area contributed by atoms with E-state index in [1.165, 1.54) is 11.8 Å². The molecule has 0 unspecified atom stereocenters. The minimum absolute atomic E-state index is 0.0424. The topological polar surface area (TPSA) is 110 Å². The lowest BCUT2D eigenvalue weighted by molar-refractivity contribution is -0.160. The molecule has 1 rings (SSSR count). The Bertz CT molecular complexity index is 881. The van der Waals surface area contributed by atoms with Crippen LogP contribution in [0.5, 0.6) is 0 Å². The van der Waals surface area contributed by atoms with Crippen LogP contribution in [0.4, 0.5) is 4.79 Å². The molecule has 0 saturated heterocycles. The quantitative estimate of drug-likeness (QED) is 0.133. The molecule has 0 heterocycles. The van der Waals surface area contributed by atoms with Crippen molar-refractivity contribution in [3.05, 3.63) is 35.9 Å². The predicted molar refractivity (Wildman–Crippen MR) is 140 cm³/mol. The number of carbonyl (C=O) groups is 2. The molecule has 10 nitrogen and oxygen atoms in total. The van der Waals surface area contributed by atoms with Crippen molar-refractivity contribution < 1.29 is 41.9 Å². The van der Waals surface area contributed by atoms with E-state index in [1.54, 1.807) is 62.3 Å². The van der Waals surface area contributed by atoms with E-state index >= 15 is 0 Å². The number of esters is 1. The summed E-state index contributed by atoms with van der Waals surface area (Å²) in [5.41, 5.74) is -1.47. The lowest BCUT2D eigenvalue weighted by Crippen LogP contribution is -2.47. The van der Waals surface area contributed by atoms with Gasteiger partial charge in [0.1, 0.15) is 11.6 Å². The van der Waals surface area contributed by atoms with E-state index in [9.17, 15) is 14.2 Å². The molecule has 212 valence electrons. The highest BCUT2D eigenvalue weighted by atomic mass is 31.2. The smallest absolute Gasteiger partial charge is 0.458 e. The first-order valence-corrected chi connectivity index (χ1v) is 13.7. The summed E-state index contributed by atoms with van der Waals surface area (Å²) in [7, 11) is -4.09. The van der Waals surface area contributed by atoms with E-state index in [0.29, 0.717) is 6.61 Å². The lowest BCUT2D eigenvalue weighted by atomic mass is 10.2. The molecule has 0 bridgehead atoms. The molecular formula is C26H44NO9P. The van der Waals surface area contributed by atoms with Crippen LogP contribution in [0.1, 0.15) is 74.8 Å². The van der Waals surface area contributed by atoms with Crippen LogP contribution in [0.15, 0.2) is 30.3 Å². The highest BCUT2D eigenvalue weighted by Gasteiger charge is 2.38. The van der Waals surface area contributed by atoms with E-state index in [0.717, 1.165) is 5.56 Å². The van der Waals surface area contributed by atoms with Crippen LogP contribution in [0.25, 0.3) is 0 Å². The number of phosphoric ester groups is 1. The molecule has 1 aromatic rings. The Labute approximate surface area is 221 Å². The maximum absolute atomic E-state index is 13.2. The van der Waals surface area contributed by atoms with Gasteiger partial charge in [0.25, 0.3) is 0 Å². The van der Waals surface area contributed by atoms with Gasteiger partial charge in [-0.25, -0.2) is 18.7 Å². The molecule has 0 saturated carbocycles. The minimum atomic E-state index is -4.09. The SMILES string of the molecule is C[C@@H](C(=O)OC(C)(C)C)N(CCOCc1ccccc1)C(=O)OCOP(=O)(OC(C)(C)C)OC(C)(C)C. The molecule has 0 fully saturated rings. The van der Waals surface area contributed by atoms with Crippen molar-refractivity contribution in [2.24, 2.45) is 0 Å². The maximum Gasteiger partial charge on any atom is 0.478 e. The van der Waals surface area contributed by atoms with E-state index in [2.05, 4.69) is 0 Å². The fourth-order valence-corrected chi connectivity index (χ4v) is 4.52. The van der Waals surface area contributed by atoms with E-state index in [-0.39, 0.29) is 13.2 Å². The summed E-state index contributed by atoms with van der Waals surface area (Å²) >= 11 is 0. The molecule has 1 amide bonds.